The van der Waals surface area contributed by atoms with Gasteiger partial charge in [0.25, 0.3) is 0 Å². The fraction of sp³-hybridized carbons (Fsp3) is 0.583. The number of ether oxygens (including phenoxy) is 1. The number of rotatable bonds is 6. The van der Waals surface area contributed by atoms with Crippen LogP contribution in [0.3, 0.4) is 0 Å². The first-order valence-corrected chi connectivity index (χ1v) is 5.65. The maximum absolute atomic E-state index is 5.83. The van der Waals surface area contributed by atoms with Gasteiger partial charge in [0.15, 0.2) is 0 Å². The zero-order valence-electron chi connectivity index (χ0n) is 10.3. The van der Waals surface area contributed by atoms with Crippen molar-refractivity contribution in [3.63, 3.8) is 0 Å². The number of aromatic nitrogens is 1. The van der Waals surface area contributed by atoms with Gasteiger partial charge in [-0.15, -0.1) is 0 Å². The van der Waals surface area contributed by atoms with Crippen LogP contribution in [0, 0.1) is 0 Å². The quantitative estimate of drug-likeness (QED) is 0.744. The summed E-state index contributed by atoms with van der Waals surface area (Å²) in [7, 11) is 2.01. The van der Waals surface area contributed by atoms with Crippen LogP contribution in [-0.2, 0) is 4.74 Å². The molecule has 1 aromatic rings. The topological polar surface area (TPSA) is 51.4 Å². The Morgan fingerprint density at radius 1 is 1.56 bits per heavy atom. The zero-order valence-corrected chi connectivity index (χ0v) is 10.3. The third kappa shape index (κ3) is 3.79. The molecule has 0 spiro atoms. The van der Waals surface area contributed by atoms with Gasteiger partial charge in [-0.2, -0.15) is 0 Å². The van der Waals surface area contributed by atoms with Crippen molar-refractivity contribution < 1.29 is 4.74 Å². The Balaban J connectivity index is 2.60. The minimum atomic E-state index is 0.0436. The summed E-state index contributed by atoms with van der Waals surface area (Å²) in [6, 6.07) is 4.02. The van der Waals surface area contributed by atoms with E-state index in [1.165, 1.54) is 0 Å². The van der Waals surface area contributed by atoms with Crippen molar-refractivity contribution in [3.8, 4) is 0 Å². The Labute approximate surface area is 97.4 Å². The van der Waals surface area contributed by atoms with E-state index in [2.05, 4.69) is 9.88 Å². The van der Waals surface area contributed by atoms with E-state index in [4.69, 9.17) is 10.5 Å². The van der Waals surface area contributed by atoms with Gasteiger partial charge in [0.1, 0.15) is 5.82 Å². The number of pyridine rings is 1. The van der Waals surface area contributed by atoms with E-state index in [0.29, 0.717) is 0 Å². The fourth-order valence-electron chi connectivity index (χ4n) is 1.39. The summed E-state index contributed by atoms with van der Waals surface area (Å²) < 4.78 is 5.31. The number of hydrogen-bond donors (Lipinski definition) is 1. The van der Waals surface area contributed by atoms with Gasteiger partial charge in [0.2, 0.25) is 0 Å². The second-order valence-corrected chi connectivity index (χ2v) is 3.85. The lowest BCUT2D eigenvalue weighted by Gasteiger charge is -2.19. The van der Waals surface area contributed by atoms with Crippen LogP contribution in [0.4, 0.5) is 5.82 Å². The average molecular weight is 223 g/mol. The summed E-state index contributed by atoms with van der Waals surface area (Å²) in [4.78, 5) is 6.39. The van der Waals surface area contributed by atoms with Crippen LogP contribution in [0.25, 0.3) is 0 Å². The van der Waals surface area contributed by atoms with Gasteiger partial charge in [0.05, 0.1) is 6.61 Å². The summed E-state index contributed by atoms with van der Waals surface area (Å²) >= 11 is 0. The van der Waals surface area contributed by atoms with Crippen molar-refractivity contribution >= 4 is 5.82 Å². The molecule has 1 heterocycles. The van der Waals surface area contributed by atoms with Crippen molar-refractivity contribution in [2.24, 2.45) is 5.73 Å². The first-order chi connectivity index (χ1) is 7.65. The molecule has 0 fully saturated rings. The Morgan fingerprint density at radius 2 is 2.31 bits per heavy atom. The summed E-state index contributed by atoms with van der Waals surface area (Å²) in [5.74, 6) is 0.939. The monoisotopic (exact) mass is 223 g/mol. The molecule has 1 aromatic heterocycles. The SMILES string of the molecule is CCOCCN(C)c1cc([C@@H](C)N)ccn1. The molecule has 0 saturated carbocycles. The highest BCUT2D eigenvalue weighted by atomic mass is 16.5. The van der Waals surface area contributed by atoms with Gasteiger partial charge >= 0.3 is 0 Å². The van der Waals surface area contributed by atoms with Crippen molar-refractivity contribution in [2.45, 2.75) is 19.9 Å². The van der Waals surface area contributed by atoms with E-state index in [1.54, 1.807) is 6.20 Å². The predicted octanol–water partition coefficient (Wildman–Crippen LogP) is 1.57. The second kappa shape index (κ2) is 6.45. The number of likely N-dealkylation sites (N-methyl/N-ethyl adjacent to an activating group) is 1. The number of hydrogen-bond acceptors (Lipinski definition) is 4. The van der Waals surface area contributed by atoms with E-state index < -0.39 is 0 Å². The molecule has 0 radical (unpaired) electrons. The average Bonchev–Trinajstić information content (AvgIpc) is 2.29. The van der Waals surface area contributed by atoms with E-state index in [0.717, 1.165) is 31.1 Å². The minimum absolute atomic E-state index is 0.0436. The van der Waals surface area contributed by atoms with E-state index >= 15 is 0 Å². The lowest BCUT2D eigenvalue weighted by molar-refractivity contribution is 0.154. The van der Waals surface area contributed by atoms with Gasteiger partial charge in [-0.05, 0) is 31.5 Å². The lowest BCUT2D eigenvalue weighted by Crippen LogP contribution is -2.23. The molecule has 0 aliphatic rings. The van der Waals surface area contributed by atoms with Crippen LogP contribution in [0.2, 0.25) is 0 Å². The number of anilines is 1. The van der Waals surface area contributed by atoms with Crippen molar-refractivity contribution in [1.29, 1.82) is 0 Å². The first kappa shape index (κ1) is 12.9. The maximum atomic E-state index is 5.83. The lowest BCUT2D eigenvalue weighted by atomic mass is 10.1. The van der Waals surface area contributed by atoms with Gasteiger partial charge in [-0.1, -0.05) is 0 Å². The number of nitrogens with two attached hydrogens (primary N) is 1. The largest absolute Gasteiger partial charge is 0.380 e. The molecule has 90 valence electrons. The predicted molar refractivity (Wildman–Crippen MR) is 66.6 cm³/mol. The van der Waals surface area contributed by atoms with E-state index in [9.17, 15) is 0 Å². The Bertz CT molecular complexity index is 315. The van der Waals surface area contributed by atoms with Gasteiger partial charge in [-0.3, -0.25) is 0 Å². The molecule has 16 heavy (non-hydrogen) atoms. The molecule has 0 aromatic carbocycles. The normalized spacial score (nSPS) is 12.5. The molecule has 4 nitrogen and oxygen atoms in total. The molecule has 0 amide bonds. The van der Waals surface area contributed by atoms with Crippen molar-refractivity contribution in [2.75, 3.05) is 31.7 Å². The molecule has 0 unspecified atom stereocenters. The summed E-state index contributed by atoms with van der Waals surface area (Å²) in [6.07, 6.45) is 1.80. The maximum Gasteiger partial charge on any atom is 0.128 e. The fourth-order valence-corrected chi connectivity index (χ4v) is 1.39. The smallest absolute Gasteiger partial charge is 0.128 e. The zero-order chi connectivity index (χ0) is 12.0. The van der Waals surface area contributed by atoms with Crippen LogP contribution in [-0.4, -0.2) is 31.8 Å². The molecule has 0 aliphatic carbocycles. The summed E-state index contributed by atoms with van der Waals surface area (Å²) in [6.45, 7) is 6.27. The molecule has 0 bridgehead atoms. The first-order valence-electron chi connectivity index (χ1n) is 5.65. The molecular weight excluding hydrogens is 202 g/mol. The molecule has 0 saturated heterocycles. The minimum Gasteiger partial charge on any atom is -0.380 e. The molecule has 0 aliphatic heterocycles. The van der Waals surface area contributed by atoms with Crippen LogP contribution in [0.5, 0.6) is 0 Å². The standard InChI is InChI=1S/C12H21N3O/c1-4-16-8-7-15(3)12-9-11(10(2)13)5-6-14-12/h5-6,9-10H,4,7-8,13H2,1-3H3/t10-/m1/s1. The summed E-state index contributed by atoms with van der Waals surface area (Å²) in [5, 5.41) is 0. The molecule has 4 heteroatoms. The van der Waals surface area contributed by atoms with E-state index in [1.807, 2.05) is 33.0 Å². The van der Waals surface area contributed by atoms with Crippen LogP contribution < -0.4 is 10.6 Å². The number of nitrogens with zero attached hydrogens (tertiary/aromatic N) is 2. The highest BCUT2D eigenvalue weighted by molar-refractivity contribution is 5.40. The second-order valence-electron chi connectivity index (χ2n) is 3.85. The van der Waals surface area contributed by atoms with Gasteiger partial charge < -0.3 is 15.4 Å². The highest BCUT2D eigenvalue weighted by Crippen LogP contribution is 2.15. The van der Waals surface area contributed by atoms with Gasteiger partial charge in [0, 0.05) is 32.4 Å². The molecule has 1 rings (SSSR count). The van der Waals surface area contributed by atoms with E-state index in [-0.39, 0.29) is 6.04 Å². The third-order valence-corrected chi connectivity index (χ3v) is 2.46. The van der Waals surface area contributed by atoms with Gasteiger partial charge in [-0.25, -0.2) is 4.98 Å². The van der Waals surface area contributed by atoms with Crippen LogP contribution in [0.15, 0.2) is 18.3 Å². The third-order valence-electron chi connectivity index (χ3n) is 2.46. The molecular formula is C12H21N3O. The van der Waals surface area contributed by atoms with Crippen molar-refractivity contribution in [3.05, 3.63) is 23.9 Å². The summed E-state index contributed by atoms with van der Waals surface area (Å²) in [5.41, 5.74) is 6.94. The highest BCUT2D eigenvalue weighted by Gasteiger charge is 2.05. The Morgan fingerprint density at radius 3 is 2.94 bits per heavy atom. The Kier molecular flexibility index (Phi) is 5.22. The molecule has 1 atom stereocenters. The molecule has 2 N–H and O–H groups in total. The van der Waals surface area contributed by atoms with Crippen LogP contribution in [0.1, 0.15) is 25.5 Å². The Hall–Kier alpha value is -1.13. The van der Waals surface area contributed by atoms with Crippen molar-refractivity contribution in [1.82, 2.24) is 4.98 Å². The van der Waals surface area contributed by atoms with Crippen LogP contribution >= 0.6 is 0 Å².